The van der Waals surface area contributed by atoms with Crippen molar-refractivity contribution in [3.8, 4) is 0 Å². The number of anilines is 1. The lowest BCUT2D eigenvalue weighted by molar-refractivity contribution is -0.120. The minimum absolute atomic E-state index is 0.0523. The third-order valence-electron chi connectivity index (χ3n) is 8.45. The Hall–Kier alpha value is -2.15. The maximum Gasteiger partial charge on any atom is 0.408 e. The Labute approximate surface area is 196 Å². The maximum atomic E-state index is 14.0. The molecule has 1 saturated heterocycles. The number of nitrogens with one attached hydrogen (secondary N) is 1. The van der Waals surface area contributed by atoms with Gasteiger partial charge in [-0.2, -0.15) is 0 Å². The van der Waals surface area contributed by atoms with Gasteiger partial charge < -0.3 is 19.9 Å². The Morgan fingerprint density at radius 1 is 1.18 bits per heavy atom. The summed E-state index contributed by atoms with van der Waals surface area (Å²) in [6.45, 7) is 11.0. The van der Waals surface area contributed by atoms with Gasteiger partial charge >= 0.3 is 6.09 Å². The smallest absolute Gasteiger partial charge is 0.408 e. The quantitative estimate of drug-likeness (QED) is 0.671. The molecule has 0 aromatic heterocycles. The number of likely N-dealkylation sites (tertiary alicyclic amines) is 1. The largest absolute Gasteiger partial charge is 0.450 e. The van der Waals surface area contributed by atoms with Crippen molar-refractivity contribution >= 4 is 17.7 Å². The van der Waals surface area contributed by atoms with Crippen LogP contribution < -0.4 is 10.2 Å². The van der Waals surface area contributed by atoms with Gasteiger partial charge in [0.1, 0.15) is 11.9 Å². The molecule has 3 aliphatic rings. The molecule has 1 atom stereocenters. The lowest BCUT2D eigenvalue weighted by Crippen LogP contribution is -2.51. The first kappa shape index (κ1) is 24.0. The van der Waals surface area contributed by atoms with Gasteiger partial charge in [0.2, 0.25) is 0 Å². The fourth-order valence-electron chi connectivity index (χ4n) is 5.89. The number of hydrogen-bond donors (Lipinski definition) is 1. The van der Waals surface area contributed by atoms with Crippen molar-refractivity contribution in [1.29, 1.82) is 0 Å². The Bertz CT molecular complexity index is 874. The molecule has 2 fully saturated rings. The van der Waals surface area contributed by atoms with Crippen LogP contribution in [-0.4, -0.2) is 48.7 Å². The monoisotopic (exact) mass is 459 g/mol. The summed E-state index contributed by atoms with van der Waals surface area (Å²) in [4.78, 5) is 29.8. The molecular weight excluding hydrogens is 421 g/mol. The number of benzene rings is 1. The highest BCUT2D eigenvalue weighted by Gasteiger charge is 2.44. The SMILES string of the molecule is CCOC(=O)NC1C(=O)N(C2CCN(C3CCC(C)(C(C)C)CC3)CC2)c2ccc(F)cc21. The van der Waals surface area contributed by atoms with Gasteiger partial charge in [0.05, 0.1) is 12.3 Å². The molecule has 2 amide bonds. The van der Waals surface area contributed by atoms with Crippen LogP contribution in [0.1, 0.15) is 77.8 Å². The van der Waals surface area contributed by atoms with Crippen molar-refractivity contribution in [2.45, 2.75) is 84.3 Å². The number of halogens is 1. The number of nitrogens with zero attached hydrogens (tertiary/aromatic N) is 2. The number of hydrogen-bond acceptors (Lipinski definition) is 4. The van der Waals surface area contributed by atoms with Gasteiger partial charge in [-0.15, -0.1) is 0 Å². The van der Waals surface area contributed by atoms with E-state index in [9.17, 15) is 14.0 Å². The van der Waals surface area contributed by atoms with Crippen LogP contribution in [-0.2, 0) is 9.53 Å². The zero-order valence-electron chi connectivity index (χ0n) is 20.4. The fourth-order valence-corrected chi connectivity index (χ4v) is 5.89. The predicted molar refractivity (Wildman–Crippen MR) is 127 cm³/mol. The van der Waals surface area contributed by atoms with Crippen molar-refractivity contribution in [2.75, 3.05) is 24.6 Å². The van der Waals surface area contributed by atoms with E-state index in [1.807, 2.05) is 0 Å². The van der Waals surface area contributed by atoms with E-state index in [1.165, 1.54) is 37.8 Å². The summed E-state index contributed by atoms with van der Waals surface area (Å²) in [5.41, 5.74) is 1.67. The van der Waals surface area contributed by atoms with E-state index < -0.39 is 18.0 Å². The van der Waals surface area contributed by atoms with Crippen LogP contribution in [0.4, 0.5) is 14.9 Å². The summed E-state index contributed by atoms with van der Waals surface area (Å²) < 4.78 is 19.0. The van der Waals surface area contributed by atoms with Gasteiger partial charge in [-0.1, -0.05) is 20.8 Å². The average Bonchev–Trinajstić information content (AvgIpc) is 3.05. The fraction of sp³-hybridized carbons (Fsp3) is 0.692. The van der Waals surface area contributed by atoms with Crippen LogP contribution >= 0.6 is 0 Å². The molecule has 2 heterocycles. The van der Waals surface area contributed by atoms with Crippen LogP contribution in [0.25, 0.3) is 0 Å². The Morgan fingerprint density at radius 2 is 1.85 bits per heavy atom. The average molecular weight is 460 g/mol. The highest BCUT2D eigenvalue weighted by atomic mass is 19.1. The second kappa shape index (κ2) is 9.61. The predicted octanol–water partition coefficient (Wildman–Crippen LogP) is 5.03. The zero-order chi connectivity index (χ0) is 23.8. The van der Waals surface area contributed by atoms with Gasteiger partial charge in [0.25, 0.3) is 5.91 Å². The van der Waals surface area contributed by atoms with Gasteiger partial charge in [0.15, 0.2) is 0 Å². The number of alkyl carbamates (subject to hydrolysis) is 1. The number of piperidine rings is 1. The minimum Gasteiger partial charge on any atom is -0.450 e. The summed E-state index contributed by atoms with van der Waals surface area (Å²) >= 11 is 0. The molecule has 182 valence electrons. The number of amides is 2. The van der Waals surface area contributed by atoms with Gasteiger partial charge in [-0.3, -0.25) is 4.79 Å². The Morgan fingerprint density at radius 3 is 2.45 bits per heavy atom. The van der Waals surface area contributed by atoms with E-state index >= 15 is 0 Å². The molecule has 1 saturated carbocycles. The lowest BCUT2D eigenvalue weighted by atomic mass is 9.67. The summed E-state index contributed by atoms with van der Waals surface area (Å²) in [5, 5.41) is 2.63. The number of carbonyl (C=O) groups is 2. The molecule has 4 rings (SSSR count). The molecule has 7 heteroatoms. The van der Waals surface area contributed by atoms with Gasteiger partial charge in [0, 0.05) is 30.7 Å². The summed E-state index contributed by atoms with van der Waals surface area (Å²) in [6, 6.07) is 4.18. The van der Waals surface area contributed by atoms with Crippen LogP contribution in [0.5, 0.6) is 0 Å². The molecule has 2 aliphatic heterocycles. The van der Waals surface area contributed by atoms with Crippen LogP contribution in [0.15, 0.2) is 18.2 Å². The zero-order valence-corrected chi connectivity index (χ0v) is 20.4. The van der Waals surface area contributed by atoms with Gasteiger partial charge in [-0.25, -0.2) is 9.18 Å². The number of rotatable bonds is 5. The molecule has 0 radical (unpaired) electrons. The van der Waals surface area contributed by atoms with Crippen molar-refractivity contribution in [3.05, 3.63) is 29.6 Å². The normalized spacial score (nSPS) is 28.8. The van der Waals surface area contributed by atoms with E-state index in [0.29, 0.717) is 28.6 Å². The van der Waals surface area contributed by atoms with Crippen LogP contribution in [0.2, 0.25) is 0 Å². The van der Waals surface area contributed by atoms with E-state index in [0.717, 1.165) is 25.9 Å². The third kappa shape index (κ3) is 4.75. The molecule has 1 aromatic carbocycles. The first-order valence-corrected chi connectivity index (χ1v) is 12.5. The highest BCUT2D eigenvalue weighted by molar-refractivity contribution is 6.06. The molecular formula is C26H38FN3O3. The van der Waals surface area contributed by atoms with Crippen LogP contribution in [0, 0.1) is 17.2 Å². The Balaban J connectivity index is 1.42. The Kier molecular flexibility index (Phi) is 6.99. The molecule has 33 heavy (non-hydrogen) atoms. The van der Waals surface area contributed by atoms with Crippen LogP contribution in [0.3, 0.4) is 0 Å². The molecule has 0 spiro atoms. The summed E-state index contributed by atoms with van der Waals surface area (Å²) in [5.74, 6) is 0.0958. The van der Waals surface area contributed by atoms with E-state index in [1.54, 1.807) is 17.9 Å². The molecule has 1 aromatic rings. The first-order valence-electron chi connectivity index (χ1n) is 12.5. The molecule has 1 aliphatic carbocycles. The summed E-state index contributed by atoms with van der Waals surface area (Å²) in [6.07, 6.45) is 6.15. The topological polar surface area (TPSA) is 61.9 Å². The van der Waals surface area contributed by atoms with E-state index in [-0.39, 0.29) is 18.6 Å². The van der Waals surface area contributed by atoms with Gasteiger partial charge in [-0.05, 0) is 75.0 Å². The van der Waals surface area contributed by atoms with E-state index in [4.69, 9.17) is 4.74 Å². The number of carbonyl (C=O) groups excluding carboxylic acids is 2. The van der Waals surface area contributed by atoms with E-state index in [2.05, 4.69) is 31.0 Å². The second-order valence-corrected chi connectivity index (χ2v) is 10.5. The van der Waals surface area contributed by atoms with Crippen molar-refractivity contribution in [3.63, 3.8) is 0 Å². The molecule has 0 bridgehead atoms. The van der Waals surface area contributed by atoms with Crippen molar-refractivity contribution in [1.82, 2.24) is 10.2 Å². The molecule has 6 nitrogen and oxygen atoms in total. The summed E-state index contributed by atoms with van der Waals surface area (Å²) in [7, 11) is 0. The minimum atomic E-state index is -0.903. The molecule has 1 N–H and O–H groups in total. The maximum absolute atomic E-state index is 14.0. The lowest BCUT2D eigenvalue weighted by Gasteiger charge is -2.46. The molecule has 1 unspecified atom stereocenters. The number of fused-ring (bicyclic) bond motifs is 1. The standard InChI is InChI=1S/C26H38FN3O3/c1-5-33-25(32)28-23-21-16-18(27)6-7-22(21)30(24(23)31)20-10-14-29(15-11-20)19-8-12-26(4,13-9-19)17(2)3/h6-7,16-17,19-20,23H,5,8-15H2,1-4H3,(H,28,32). The van der Waals surface area contributed by atoms with Crippen molar-refractivity contribution < 1.29 is 18.7 Å². The number of ether oxygens (including phenoxy) is 1. The third-order valence-corrected chi connectivity index (χ3v) is 8.45. The van der Waals surface area contributed by atoms with Crippen molar-refractivity contribution in [2.24, 2.45) is 11.3 Å². The highest BCUT2D eigenvalue weighted by Crippen LogP contribution is 2.44. The second-order valence-electron chi connectivity index (χ2n) is 10.5. The first-order chi connectivity index (χ1) is 15.7.